The summed E-state index contributed by atoms with van der Waals surface area (Å²) in [5.41, 5.74) is 1.17. The largest absolute Gasteiger partial charge is 0.486 e. The molecule has 0 fully saturated rings. The van der Waals surface area contributed by atoms with Crippen molar-refractivity contribution in [2.45, 2.75) is 46.3 Å². The lowest BCUT2D eigenvalue weighted by atomic mass is 10.1. The van der Waals surface area contributed by atoms with Gasteiger partial charge in [0.1, 0.15) is 24.9 Å². The zero-order chi connectivity index (χ0) is 16.2. The second-order valence-corrected chi connectivity index (χ2v) is 5.82. The van der Waals surface area contributed by atoms with Crippen LogP contribution in [0.3, 0.4) is 0 Å². The molecule has 0 spiro atoms. The molecule has 6 heteroatoms. The summed E-state index contributed by atoms with van der Waals surface area (Å²) in [6, 6.07) is 6.30. The molecule has 1 aromatic heterocycles. The predicted molar refractivity (Wildman–Crippen MR) is 87.7 cm³/mol. The molecule has 2 heterocycles. The van der Waals surface area contributed by atoms with Crippen LogP contribution in [0.15, 0.2) is 18.2 Å². The zero-order valence-electron chi connectivity index (χ0n) is 14.0. The van der Waals surface area contributed by atoms with Gasteiger partial charge in [-0.3, -0.25) is 0 Å². The molecule has 6 nitrogen and oxygen atoms in total. The first-order valence-electron chi connectivity index (χ1n) is 8.20. The average Bonchev–Trinajstić information content (AvgIpc) is 2.93. The first-order valence-corrected chi connectivity index (χ1v) is 8.20. The number of aryl methyl sites for hydroxylation is 1. The molecule has 0 saturated carbocycles. The van der Waals surface area contributed by atoms with Gasteiger partial charge in [-0.15, -0.1) is 10.2 Å². The van der Waals surface area contributed by atoms with Crippen molar-refractivity contribution in [3.63, 3.8) is 0 Å². The Kier molecular flexibility index (Phi) is 4.81. The second-order valence-electron chi connectivity index (χ2n) is 5.82. The van der Waals surface area contributed by atoms with Crippen LogP contribution in [0.5, 0.6) is 11.5 Å². The Morgan fingerprint density at radius 1 is 1.22 bits per heavy atom. The van der Waals surface area contributed by atoms with E-state index in [1.54, 1.807) is 0 Å². The van der Waals surface area contributed by atoms with Gasteiger partial charge < -0.3 is 19.4 Å². The standard InChI is InChI=1S/C17H24N4O2/c1-4-7-21-13(3)19-20-17(21)11-18-12(2)14-5-6-15-16(10-14)23-9-8-22-15/h5-6,10,12,18H,4,7-9,11H2,1-3H3/t12-/m0/s1. The summed E-state index contributed by atoms with van der Waals surface area (Å²) in [4.78, 5) is 0. The lowest BCUT2D eigenvalue weighted by Crippen LogP contribution is -2.22. The van der Waals surface area contributed by atoms with Crippen molar-refractivity contribution in [2.24, 2.45) is 0 Å². The lowest BCUT2D eigenvalue weighted by Gasteiger charge is -2.21. The predicted octanol–water partition coefficient (Wildman–Crippen LogP) is 2.62. The van der Waals surface area contributed by atoms with Crippen LogP contribution in [0.25, 0.3) is 0 Å². The summed E-state index contributed by atoms with van der Waals surface area (Å²) in [6.45, 7) is 9.17. The fourth-order valence-corrected chi connectivity index (χ4v) is 2.76. The minimum absolute atomic E-state index is 0.193. The molecule has 0 radical (unpaired) electrons. The van der Waals surface area contributed by atoms with E-state index in [2.05, 4.69) is 40.0 Å². The van der Waals surface area contributed by atoms with Crippen LogP contribution < -0.4 is 14.8 Å². The van der Waals surface area contributed by atoms with Crippen molar-refractivity contribution in [1.82, 2.24) is 20.1 Å². The molecule has 1 aliphatic heterocycles. The molecule has 1 atom stereocenters. The molecule has 0 bridgehead atoms. The van der Waals surface area contributed by atoms with Crippen molar-refractivity contribution in [2.75, 3.05) is 13.2 Å². The number of rotatable bonds is 6. The van der Waals surface area contributed by atoms with Gasteiger partial charge in [0.15, 0.2) is 11.5 Å². The highest BCUT2D eigenvalue weighted by Gasteiger charge is 2.15. The first-order chi connectivity index (χ1) is 11.2. The van der Waals surface area contributed by atoms with Gasteiger partial charge in [-0.25, -0.2) is 0 Å². The summed E-state index contributed by atoms with van der Waals surface area (Å²) in [5.74, 6) is 3.60. The quantitative estimate of drug-likeness (QED) is 0.887. The highest BCUT2D eigenvalue weighted by Crippen LogP contribution is 2.32. The highest BCUT2D eigenvalue weighted by molar-refractivity contribution is 5.44. The molecule has 1 aromatic carbocycles. The van der Waals surface area contributed by atoms with Crippen LogP contribution in [0.1, 0.15) is 43.5 Å². The third-order valence-electron chi connectivity index (χ3n) is 4.09. The average molecular weight is 316 g/mol. The smallest absolute Gasteiger partial charge is 0.161 e. The Balaban J connectivity index is 1.66. The van der Waals surface area contributed by atoms with E-state index in [1.165, 1.54) is 5.56 Å². The van der Waals surface area contributed by atoms with E-state index in [-0.39, 0.29) is 6.04 Å². The Morgan fingerprint density at radius 3 is 2.78 bits per heavy atom. The molecule has 2 aromatic rings. The maximum Gasteiger partial charge on any atom is 0.161 e. The number of aromatic nitrogens is 3. The van der Waals surface area contributed by atoms with Gasteiger partial charge >= 0.3 is 0 Å². The fourth-order valence-electron chi connectivity index (χ4n) is 2.76. The van der Waals surface area contributed by atoms with Crippen molar-refractivity contribution < 1.29 is 9.47 Å². The second kappa shape index (κ2) is 7.00. The van der Waals surface area contributed by atoms with Gasteiger partial charge in [-0.1, -0.05) is 13.0 Å². The SMILES string of the molecule is CCCn1c(C)nnc1CN[C@@H](C)c1ccc2c(c1)OCCO2. The monoisotopic (exact) mass is 316 g/mol. The van der Waals surface area contributed by atoms with Gasteiger partial charge in [-0.2, -0.15) is 0 Å². The molecule has 0 aliphatic carbocycles. The van der Waals surface area contributed by atoms with Gasteiger partial charge in [0, 0.05) is 12.6 Å². The van der Waals surface area contributed by atoms with Crippen LogP contribution >= 0.6 is 0 Å². The van der Waals surface area contributed by atoms with Gasteiger partial charge in [0.25, 0.3) is 0 Å². The summed E-state index contributed by atoms with van der Waals surface area (Å²) in [6.07, 6.45) is 1.07. The minimum Gasteiger partial charge on any atom is -0.486 e. The maximum atomic E-state index is 5.65. The number of hydrogen-bond acceptors (Lipinski definition) is 5. The molecule has 1 aliphatic rings. The number of fused-ring (bicyclic) bond motifs is 1. The topological polar surface area (TPSA) is 61.2 Å². The van der Waals surface area contributed by atoms with Crippen LogP contribution in [-0.4, -0.2) is 28.0 Å². The normalized spacial score (nSPS) is 14.7. The van der Waals surface area contributed by atoms with Crippen LogP contribution in [0.4, 0.5) is 0 Å². The van der Waals surface area contributed by atoms with Crippen molar-refractivity contribution in [3.8, 4) is 11.5 Å². The number of ether oxygens (including phenoxy) is 2. The molecule has 3 rings (SSSR count). The molecule has 1 N–H and O–H groups in total. The van der Waals surface area contributed by atoms with Crippen molar-refractivity contribution in [1.29, 1.82) is 0 Å². The molecule has 0 amide bonds. The third kappa shape index (κ3) is 3.47. The fraction of sp³-hybridized carbons (Fsp3) is 0.529. The minimum atomic E-state index is 0.193. The Bertz CT molecular complexity index is 669. The van der Waals surface area contributed by atoms with Gasteiger partial charge in [0.2, 0.25) is 0 Å². The van der Waals surface area contributed by atoms with Crippen molar-refractivity contribution in [3.05, 3.63) is 35.4 Å². The van der Waals surface area contributed by atoms with Gasteiger partial charge in [0.05, 0.1) is 6.54 Å². The van der Waals surface area contributed by atoms with Crippen LogP contribution in [-0.2, 0) is 13.1 Å². The molecule has 0 saturated heterocycles. The number of hydrogen-bond donors (Lipinski definition) is 1. The van der Waals surface area contributed by atoms with Crippen molar-refractivity contribution >= 4 is 0 Å². The zero-order valence-corrected chi connectivity index (χ0v) is 14.0. The molecular formula is C17H24N4O2. The molecule has 124 valence electrons. The highest BCUT2D eigenvalue weighted by atomic mass is 16.6. The maximum absolute atomic E-state index is 5.65. The van der Waals surface area contributed by atoms with E-state index in [0.717, 1.165) is 36.1 Å². The van der Waals surface area contributed by atoms with E-state index in [1.807, 2.05) is 19.1 Å². The van der Waals surface area contributed by atoms with Crippen LogP contribution in [0.2, 0.25) is 0 Å². The Hall–Kier alpha value is -2.08. The van der Waals surface area contributed by atoms with E-state index in [0.29, 0.717) is 19.8 Å². The van der Waals surface area contributed by atoms with Gasteiger partial charge in [-0.05, 0) is 38.0 Å². The lowest BCUT2D eigenvalue weighted by molar-refractivity contribution is 0.171. The van der Waals surface area contributed by atoms with E-state index >= 15 is 0 Å². The van der Waals surface area contributed by atoms with E-state index in [9.17, 15) is 0 Å². The summed E-state index contributed by atoms with van der Waals surface area (Å²) < 4.78 is 13.4. The van der Waals surface area contributed by atoms with E-state index in [4.69, 9.17) is 9.47 Å². The number of nitrogens with zero attached hydrogens (tertiary/aromatic N) is 3. The Morgan fingerprint density at radius 2 is 2.00 bits per heavy atom. The third-order valence-corrected chi connectivity index (χ3v) is 4.09. The first kappa shape index (κ1) is 15.8. The summed E-state index contributed by atoms with van der Waals surface area (Å²) >= 11 is 0. The number of benzene rings is 1. The number of nitrogens with one attached hydrogen (secondary N) is 1. The molecular weight excluding hydrogens is 292 g/mol. The molecule has 23 heavy (non-hydrogen) atoms. The Labute approximate surface area is 136 Å². The summed E-state index contributed by atoms with van der Waals surface area (Å²) in [5, 5.41) is 12.0. The molecule has 0 unspecified atom stereocenters. The summed E-state index contributed by atoms with van der Waals surface area (Å²) in [7, 11) is 0. The van der Waals surface area contributed by atoms with E-state index < -0.39 is 0 Å². The van der Waals surface area contributed by atoms with Crippen LogP contribution in [0, 0.1) is 6.92 Å².